The molecule has 0 saturated heterocycles. The lowest BCUT2D eigenvalue weighted by Crippen LogP contribution is -2.16. The van der Waals surface area contributed by atoms with Crippen molar-refractivity contribution in [2.24, 2.45) is 0 Å². The van der Waals surface area contributed by atoms with Gasteiger partial charge in [-0.2, -0.15) is 23.4 Å². The number of Topliss-reactive ketones (excluding diaryl/α,β-unsaturated/α-hetero) is 1. The molecule has 2 N–H and O–H groups in total. The molecule has 3 aromatic rings. The summed E-state index contributed by atoms with van der Waals surface area (Å²) >= 11 is 3.36. The lowest BCUT2D eigenvalue weighted by Gasteiger charge is -2.18. The average Bonchev–Trinajstić information content (AvgIpc) is 3.24. The normalized spacial score (nSPS) is 12.7. The molecule has 0 saturated carbocycles. The minimum absolute atomic E-state index is 0.0568. The second kappa shape index (κ2) is 9.10. The van der Waals surface area contributed by atoms with E-state index in [9.17, 15) is 18.0 Å². The SMILES string of the molecule is CO[C@H](C)c1c(CC(=O)Cc2cnc(-n3nccn3)c(C(F)(F)F)c2)cnc(N)c1Br. The van der Waals surface area contributed by atoms with Crippen LogP contribution in [-0.2, 0) is 28.5 Å². The first-order valence-electron chi connectivity index (χ1n) is 9.01. The Bertz CT molecular complexity index is 1090. The van der Waals surface area contributed by atoms with Crippen molar-refractivity contribution in [2.75, 3.05) is 12.8 Å². The highest BCUT2D eigenvalue weighted by Gasteiger charge is 2.36. The van der Waals surface area contributed by atoms with Crippen molar-refractivity contribution in [2.45, 2.75) is 32.0 Å². The number of alkyl halides is 3. The Balaban J connectivity index is 1.87. The smallest absolute Gasteiger partial charge is 0.383 e. The zero-order valence-corrected chi connectivity index (χ0v) is 18.1. The number of hydrogen-bond acceptors (Lipinski definition) is 7. The van der Waals surface area contributed by atoms with Crippen LogP contribution in [0.25, 0.3) is 5.82 Å². The van der Waals surface area contributed by atoms with Crippen molar-refractivity contribution < 1.29 is 22.7 Å². The van der Waals surface area contributed by atoms with Gasteiger partial charge >= 0.3 is 6.18 Å². The van der Waals surface area contributed by atoms with Crippen molar-refractivity contribution in [1.82, 2.24) is 25.0 Å². The molecule has 0 radical (unpaired) electrons. The Labute approximate surface area is 183 Å². The van der Waals surface area contributed by atoms with Crippen molar-refractivity contribution >= 4 is 27.5 Å². The van der Waals surface area contributed by atoms with Crippen LogP contribution in [0.2, 0.25) is 0 Å². The van der Waals surface area contributed by atoms with Crippen LogP contribution < -0.4 is 5.73 Å². The number of methoxy groups -OCH3 is 1. The summed E-state index contributed by atoms with van der Waals surface area (Å²) in [6.07, 6.45) is -0.197. The first-order chi connectivity index (χ1) is 14.6. The number of hydrogen-bond donors (Lipinski definition) is 1. The molecule has 0 fully saturated rings. The second-order valence-corrected chi connectivity index (χ2v) is 7.49. The van der Waals surface area contributed by atoms with E-state index in [1.54, 1.807) is 6.92 Å². The van der Waals surface area contributed by atoms with E-state index < -0.39 is 17.6 Å². The highest BCUT2D eigenvalue weighted by atomic mass is 79.9. The second-order valence-electron chi connectivity index (χ2n) is 6.70. The Kier molecular flexibility index (Phi) is 6.70. The number of halogens is 4. The van der Waals surface area contributed by atoms with Crippen LogP contribution in [0.4, 0.5) is 19.0 Å². The Morgan fingerprint density at radius 3 is 2.52 bits per heavy atom. The predicted octanol–water partition coefficient (Wildman–Crippen LogP) is 3.48. The number of aromatic nitrogens is 5. The van der Waals surface area contributed by atoms with Gasteiger partial charge in [0.15, 0.2) is 5.82 Å². The van der Waals surface area contributed by atoms with E-state index in [-0.39, 0.29) is 36.1 Å². The molecule has 31 heavy (non-hydrogen) atoms. The van der Waals surface area contributed by atoms with Gasteiger partial charge in [-0.25, -0.2) is 9.97 Å². The molecule has 3 heterocycles. The van der Waals surface area contributed by atoms with Crippen molar-refractivity contribution in [3.05, 3.63) is 57.6 Å². The minimum Gasteiger partial charge on any atom is -0.383 e. The van der Waals surface area contributed by atoms with Gasteiger partial charge in [-0.3, -0.25) is 4.79 Å². The molecule has 0 amide bonds. The van der Waals surface area contributed by atoms with Crippen LogP contribution >= 0.6 is 15.9 Å². The fourth-order valence-electron chi connectivity index (χ4n) is 3.04. The lowest BCUT2D eigenvalue weighted by atomic mass is 9.98. The highest BCUT2D eigenvalue weighted by molar-refractivity contribution is 9.10. The van der Waals surface area contributed by atoms with E-state index in [0.29, 0.717) is 15.6 Å². The molecule has 0 bridgehead atoms. The molecule has 164 valence electrons. The number of ketones is 1. The maximum atomic E-state index is 13.5. The molecule has 0 aliphatic rings. The number of pyridine rings is 2. The van der Waals surface area contributed by atoms with Crippen LogP contribution in [0, 0.1) is 0 Å². The molecule has 3 aromatic heterocycles. The first-order valence-corrected chi connectivity index (χ1v) is 9.81. The quantitative estimate of drug-likeness (QED) is 0.530. The summed E-state index contributed by atoms with van der Waals surface area (Å²) in [4.78, 5) is 21.3. The molecule has 0 unspecified atom stereocenters. The summed E-state index contributed by atoms with van der Waals surface area (Å²) in [6.45, 7) is 1.79. The Morgan fingerprint density at radius 1 is 1.23 bits per heavy atom. The van der Waals surface area contributed by atoms with E-state index >= 15 is 0 Å². The number of carbonyl (C=O) groups is 1. The summed E-state index contributed by atoms with van der Waals surface area (Å²) in [5, 5.41) is 7.40. The summed E-state index contributed by atoms with van der Waals surface area (Å²) in [5.74, 6) is -0.531. The van der Waals surface area contributed by atoms with Crippen LogP contribution in [0.3, 0.4) is 0 Å². The zero-order valence-electron chi connectivity index (χ0n) is 16.5. The number of nitrogens with two attached hydrogens (primary N) is 1. The maximum Gasteiger partial charge on any atom is 0.420 e. The van der Waals surface area contributed by atoms with E-state index in [1.807, 2.05) is 0 Å². The highest BCUT2D eigenvalue weighted by Crippen LogP contribution is 2.34. The summed E-state index contributed by atoms with van der Waals surface area (Å²) in [7, 11) is 1.51. The number of carbonyl (C=O) groups excluding carboxylic acids is 1. The number of ether oxygens (including phenoxy) is 1. The van der Waals surface area contributed by atoms with Gasteiger partial charge in [0.1, 0.15) is 17.2 Å². The Hall–Kier alpha value is -2.86. The molecular formula is C19H18BrF3N6O2. The number of nitrogen functional groups attached to an aromatic ring is 1. The van der Waals surface area contributed by atoms with E-state index in [0.717, 1.165) is 10.9 Å². The van der Waals surface area contributed by atoms with Crippen molar-refractivity contribution in [1.29, 1.82) is 0 Å². The minimum atomic E-state index is -4.69. The number of rotatable bonds is 7. The molecule has 1 atom stereocenters. The topological polar surface area (TPSA) is 109 Å². The molecule has 3 rings (SSSR count). The van der Waals surface area contributed by atoms with Gasteiger partial charge in [0.2, 0.25) is 0 Å². The fourth-order valence-corrected chi connectivity index (χ4v) is 3.72. The van der Waals surface area contributed by atoms with Crippen molar-refractivity contribution in [3.8, 4) is 5.82 Å². The van der Waals surface area contributed by atoms with Gasteiger partial charge in [-0.15, -0.1) is 4.80 Å². The van der Waals surface area contributed by atoms with Crippen LogP contribution in [0.5, 0.6) is 0 Å². The van der Waals surface area contributed by atoms with E-state index in [1.165, 1.54) is 31.9 Å². The van der Waals surface area contributed by atoms with Gasteiger partial charge in [0, 0.05) is 37.9 Å². The lowest BCUT2D eigenvalue weighted by molar-refractivity contribution is -0.138. The molecule has 12 heteroatoms. The van der Waals surface area contributed by atoms with Crippen molar-refractivity contribution in [3.63, 3.8) is 0 Å². The molecule has 0 spiro atoms. The largest absolute Gasteiger partial charge is 0.420 e. The van der Waals surface area contributed by atoms with Gasteiger partial charge in [-0.05, 0) is 40.0 Å². The van der Waals surface area contributed by atoms with Crippen LogP contribution in [-0.4, -0.2) is 37.9 Å². The molecular weight excluding hydrogens is 481 g/mol. The summed E-state index contributed by atoms with van der Waals surface area (Å²) in [6, 6.07) is 0.888. The van der Waals surface area contributed by atoms with Gasteiger partial charge in [0.25, 0.3) is 0 Å². The number of anilines is 1. The zero-order chi connectivity index (χ0) is 22.8. The maximum absolute atomic E-state index is 13.5. The third kappa shape index (κ3) is 5.07. The predicted molar refractivity (Wildman–Crippen MR) is 108 cm³/mol. The number of nitrogens with zero attached hydrogens (tertiary/aromatic N) is 5. The summed E-state index contributed by atoms with van der Waals surface area (Å²) < 4.78 is 46.5. The Morgan fingerprint density at radius 2 is 1.90 bits per heavy atom. The standard InChI is InChI=1S/C19H18BrF3N6O2/c1-10(31-2)15-12(9-25-17(24)16(15)20)7-13(30)5-11-6-14(19(21,22)23)18(26-8-11)29-27-3-4-28-29/h3-4,6,8-10H,5,7H2,1-2H3,(H2,24,25)/t10-/m1/s1. The molecule has 0 aliphatic heterocycles. The third-order valence-corrected chi connectivity index (χ3v) is 5.39. The molecule has 0 aromatic carbocycles. The molecule has 0 aliphatic carbocycles. The van der Waals surface area contributed by atoms with Gasteiger partial charge < -0.3 is 10.5 Å². The van der Waals surface area contributed by atoms with Gasteiger partial charge in [-0.1, -0.05) is 0 Å². The third-order valence-electron chi connectivity index (χ3n) is 4.55. The van der Waals surface area contributed by atoms with Gasteiger partial charge in [0.05, 0.1) is 23.0 Å². The average molecular weight is 499 g/mol. The summed E-state index contributed by atoms with van der Waals surface area (Å²) in [5.41, 5.74) is 6.15. The van der Waals surface area contributed by atoms with Crippen LogP contribution in [0.1, 0.15) is 35.3 Å². The molecule has 8 nitrogen and oxygen atoms in total. The fraction of sp³-hybridized carbons (Fsp3) is 0.316. The first kappa shape index (κ1) is 22.8. The monoisotopic (exact) mass is 498 g/mol. The van der Waals surface area contributed by atoms with E-state index in [4.69, 9.17) is 10.5 Å². The van der Waals surface area contributed by atoms with E-state index in [2.05, 4.69) is 36.1 Å². The van der Waals surface area contributed by atoms with Crippen LogP contribution in [0.15, 0.2) is 35.3 Å².